The normalized spacial score (nSPS) is 14.7. The summed E-state index contributed by atoms with van der Waals surface area (Å²) in [5, 5.41) is 4.10. The van der Waals surface area contributed by atoms with E-state index in [0.717, 1.165) is 43.9 Å². The van der Waals surface area contributed by atoms with Gasteiger partial charge in [-0.3, -0.25) is 0 Å². The third-order valence-electron chi connectivity index (χ3n) is 3.65. The van der Waals surface area contributed by atoms with Gasteiger partial charge in [-0.1, -0.05) is 49.5 Å². The molecule has 1 unspecified atom stereocenters. The van der Waals surface area contributed by atoms with Crippen LogP contribution in [0.15, 0.2) is 39.3 Å². The first-order valence-electron chi connectivity index (χ1n) is 6.67. The zero-order valence-corrected chi connectivity index (χ0v) is 15.3. The van der Waals surface area contributed by atoms with Crippen LogP contribution < -0.4 is 10.1 Å². The average molecular weight is 432 g/mol. The fourth-order valence-electron chi connectivity index (χ4n) is 2.73. The molecule has 0 fully saturated rings. The summed E-state index contributed by atoms with van der Waals surface area (Å²) in [5.41, 5.74) is 3.53. The van der Waals surface area contributed by atoms with Crippen LogP contribution in [0, 0.1) is 0 Å². The molecule has 2 aromatic carbocycles. The molecule has 1 aliphatic heterocycles. The molecule has 0 saturated carbocycles. The Morgan fingerprint density at radius 3 is 2.71 bits per heavy atom. The van der Waals surface area contributed by atoms with Gasteiger partial charge in [0.25, 0.3) is 0 Å². The molecule has 1 heterocycles. The van der Waals surface area contributed by atoms with Crippen LogP contribution in [0.3, 0.4) is 0 Å². The highest BCUT2D eigenvalue weighted by molar-refractivity contribution is 9.10. The summed E-state index contributed by atoms with van der Waals surface area (Å²) >= 11 is 13.3. The maximum atomic E-state index is 6.05. The number of benzene rings is 2. The Bertz CT molecular complexity index is 690. The van der Waals surface area contributed by atoms with Gasteiger partial charge in [0.2, 0.25) is 0 Å². The zero-order valence-electron chi connectivity index (χ0n) is 11.4. The second-order valence-electron chi connectivity index (χ2n) is 4.97. The topological polar surface area (TPSA) is 21.3 Å². The van der Waals surface area contributed by atoms with Crippen LogP contribution in [0.25, 0.3) is 0 Å². The summed E-state index contributed by atoms with van der Waals surface area (Å²) in [6.07, 6.45) is 0.958. The molecule has 0 spiro atoms. The van der Waals surface area contributed by atoms with Crippen molar-refractivity contribution < 1.29 is 4.74 Å². The molecular formula is C16H14Br2ClNO. The van der Waals surface area contributed by atoms with E-state index in [1.165, 1.54) is 5.56 Å². The van der Waals surface area contributed by atoms with Gasteiger partial charge in [-0.15, -0.1) is 0 Å². The van der Waals surface area contributed by atoms with Crippen LogP contribution in [0.1, 0.15) is 22.7 Å². The third-order valence-corrected chi connectivity index (χ3v) is 5.03. The quantitative estimate of drug-likeness (QED) is 0.729. The van der Waals surface area contributed by atoms with E-state index < -0.39 is 0 Å². The summed E-state index contributed by atoms with van der Waals surface area (Å²) in [4.78, 5) is 0. The van der Waals surface area contributed by atoms with E-state index in [9.17, 15) is 0 Å². The number of hydrogen-bond acceptors (Lipinski definition) is 2. The van der Waals surface area contributed by atoms with Crippen LogP contribution in [0.2, 0.25) is 5.02 Å². The fourth-order valence-corrected chi connectivity index (χ4v) is 4.16. The molecule has 0 saturated heterocycles. The minimum atomic E-state index is 0.0426. The molecule has 2 nitrogen and oxygen atoms in total. The van der Waals surface area contributed by atoms with E-state index in [0.29, 0.717) is 0 Å². The summed E-state index contributed by atoms with van der Waals surface area (Å²) in [6.45, 7) is 0.747. The Balaban J connectivity index is 2.13. The van der Waals surface area contributed by atoms with Crippen molar-refractivity contribution in [2.75, 3.05) is 13.7 Å². The maximum Gasteiger partial charge on any atom is 0.127 e. The molecule has 2 aromatic rings. The number of nitrogens with one attached hydrogen (secondary N) is 1. The van der Waals surface area contributed by atoms with E-state index in [-0.39, 0.29) is 6.04 Å². The zero-order chi connectivity index (χ0) is 15.0. The van der Waals surface area contributed by atoms with Crippen molar-refractivity contribution in [3.63, 3.8) is 0 Å². The second kappa shape index (κ2) is 6.29. The second-order valence-corrected chi connectivity index (χ2v) is 7.18. The first-order chi connectivity index (χ1) is 10.1. The van der Waals surface area contributed by atoms with Gasteiger partial charge in [0.15, 0.2) is 0 Å². The lowest BCUT2D eigenvalue weighted by Crippen LogP contribution is -2.19. The molecule has 1 aliphatic rings. The molecule has 110 valence electrons. The minimum absolute atomic E-state index is 0.0426. The van der Waals surface area contributed by atoms with Crippen LogP contribution in [0.4, 0.5) is 0 Å². The number of fused-ring (bicyclic) bond motifs is 1. The highest BCUT2D eigenvalue weighted by Gasteiger charge is 2.24. The van der Waals surface area contributed by atoms with Crippen LogP contribution in [0.5, 0.6) is 5.75 Å². The van der Waals surface area contributed by atoms with Crippen molar-refractivity contribution >= 4 is 43.5 Å². The van der Waals surface area contributed by atoms with E-state index in [1.807, 2.05) is 25.2 Å². The fraction of sp³-hybridized carbons (Fsp3) is 0.250. The number of halogens is 3. The highest BCUT2D eigenvalue weighted by atomic mass is 79.9. The number of ether oxygens (including phenoxy) is 1. The molecule has 0 amide bonds. The van der Waals surface area contributed by atoms with Crippen LogP contribution in [-0.4, -0.2) is 13.7 Å². The highest BCUT2D eigenvalue weighted by Crippen LogP contribution is 2.40. The van der Waals surface area contributed by atoms with Gasteiger partial charge in [-0.05, 0) is 42.4 Å². The summed E-state index contributed by atoms with van der Waals surface area (Å²) in [6, 6.07) is 10.2. The predicted molar refractivity (Wildman–Crippen MR) is 93.4 cm³/mol. The molecule has 0 radical (unpaired) electrons. The van der Waals surface area contributed by atoms with Crippen molar-refractivity contribution in [3.05, 3.63) is 61.0 Å². The van der Waals surface area contributed by atoms with Crippen molar-refractivity contribution in [1.82, 2.24) is 5.32 Å². The first-order valence-corrected chi connectivity index (χ1v) is 8.64. The Labute approximate surface area is 146 Å². The lowest BCUT2D eigenvalue weighted by molar-refractivity contribution is 0.351. The SMILES string of the molecule is CNC(c1ccc(Cl)cc1Br)c1cc(Br)cc2c1OCC2. The van der Waals surface area contributed by atoms with Crippen LogP contribution in [-0.2, 0) is 6.42 Å². The van der Waals surface area contributed by atoms with Gasteiger partial charge in [0.1, 0.15) is 5.75 Å². The smallest absolute Gasteiger partial charge is 0.127 e. The van der Waals surface area contributed by atoms with Gasteiger partial charge in [-0.25, -0.2) is 0 Å². The Morgan fingerprint density at radius 2 is 2.00 bits per heavy atom. The summed E-state index contributed by atoms with van der Waals surface area (Å²) in [7, 11) is 1.95. The monoisotopic (exact) mass is 429 g/mol. The van der Waals surface area contributed by atoms with E-state index in [2.05, 4.69) is 49.3 Å². The van der Waals surface area contributed by atoms with E-state index in [1.54, 1.807) is 0 Å². The molecule has 0 aliphatic carbocycles. The van der Waals surface area contributed by atoms with Crippen molar-refractivity contribution in [2.45, 2.75) is 12.5 Å². The summed E-state index contributed by atoms with van der Waals surface area (Å²) < 4.78 is 7.91. The third kappa shape index (κ3) is 3.00. The van der Waals surface area contributed by atoms with E-state index >= 15 is 0 Å². The molecule has 5 heteroatoms. The largest absolute Gasteiger partial charge is 0.493 e. The van der Waals surface area contributed by atoms with Gasteiger partial charge in [0, 0.05) is 26.0 Å². The van der Waals surface area contributed by atoms with Crippen molar-refractivity contribution in [1.29, 1.82) is 0 Å². The summed E-state index contributed by atoms with van der Waals surface area (Å²) in [5.74, 6) is 0.999. The van der Waals surface area contributed by atoms with Gasteiger partial charge < -0.3 is 10.1 Å². The standard InChI is InChI=1S/C16H14Br2ClNO/c1-20-15(12-3-2-11(19)8-14(12)18)13-7-10(17)6-9-4-5-21-16(9)13/h2-3,6-8,15,20H,4-5H2,1H3. The van der Waals surface area contributed by atoms with Gasteiger partial charge >= 0.3 is 0 Å². The Morgan fingerprint density at radius 1 is 1.19 bits per heavy atom. The molecule has 1 N–H and O–H groups in total. The lowest BCUT2D eigenvalue weighted by atomic mass is 9.96. The van der Waals surface area contributed by atoms with Crippen molar-refractivity contribution in [3.8, 4) is 5.75 Å². The lowest BCUT2D eigenvalue weighted by Gasteiger charge is -2.21. The average Bonchev–Trinajstić information content (AvgIpc) is 2.89. The molecule has 3 rings (SSSR count). The molecule has 1 atom stereocenters. The predicted octanol–water partition coefficient (Wildman–Crippen LogP) is 5.11. The maximum absolute atomic E-state index is 6.05. The molecule has 0 aromatic heterocycles. The first kappa shape index (κ1) is 15.3. The van der Waals surface area contributed by atoms with Gasteiger partial charge in [-0.2, -0.15) is 0 Å². The number of hydrogen-bond donors (Lipinski definition) is 1. The van der Waals surface area contributed by atoms with Crippen molar-refractivity contribution in [2.24, 2.45) is 0 Å². The minimum Gasteiger partial charge on any atom is -0.493 e. The Hall–Kier alpha value is -0.550. The molecule has 21 heavy (non-hydrogen) atoms. The molecular weight excluding hydrogens is 417 g/mol. The Kier molecular flexibility index (Phi) is 4.60. The van der Waals surface area contributed by atoms with Crippen LogP contribution >= 0.6 is 43.5 Å². The van der Waals surface area contributed by atoms with Gasteiger partial charge in [0.05, 0.1) is 12.6 Å². The van der Waals surface area contributed by atoms with E-state index in [4.69, 9.17) is 16.3 Å². The number of rotatable bonds is 3. The molecule has 0 bridgehead atoms.